The second-order valence-corrected chi connectivity index (χ2v) is 8.93. The molecule has 31 heavy (non-hydrogen) atoms. The molecule has 186 valence electrons. The molecule has 0 spiro atoms. The largest absolute Gasteiger partial charge is 0.481 e. The van der Waals surface area contributed by atoms with Crippen LogP contribution in [-0.2, 0) is 4.79 Å². The van der Waals surface area contributed by atoms with Crippen molar-refractivity contribution < 1.29 is 15.0 Å². The van der Waals surface area contributed by atoms with Crippen molar-refractivity contribution in [3.63, 3.8) is 0 Å². The highest BCUT2D eigenvalue weighted by atomic mass is 16.4. The zero-order valence-corrected chi connectivity index (χ0v) is 21.2. The Balaban J connectivity index is 0. The molecule has 3 nitrogen and oxygen atoms in total. The first-order valence-corrected chi connectivity index (χ1v) is 13.7. The number of allylic oxidation sites excluding steroid dienone is 2. The SMILES string of the molecule is CCCCCCCC/C=C\CCCCCCCC(=O)O.CCCCCCCCCCO. The fraction of sp³-hybridized carbons (Fsp3) is 0.893. The first-order chi connectivity index (χ1) is 15.2. The minimum Gasteiger partial charge on any atom is -0.481 e. The van der Waals surface area contributed by atoms with Gasteiger partial charge in [-0.05, 0) is 38.5 Å². The van der Waals surface area contributed by atoms with Gasteiger partial charge < -0.3 is 10.2 Å². The van der Waals surface area contributed by atoms with Crippen LogP contribution < -0.4 is 0 Å². The maximum atomic E-state index is 10.3. The maximum absolute atomic E-state index is 10.3. The highest BCUT2D eigenvalue weighted by Crippen LogP contribution is 2.10. The van der Waals surface area contributed by atoms with Crippen LogP contribution in [0.4, 0.5) is 0 Å². The molecule has 0 saturated heterocycles. The number of hydrogen-bond acceptors (Lipinski definition) is 2. The number of aliphatic hydroxyl groups excluding tert-OH is 1. The molecule has 0 heterocycles. The van der Waals surface area contributed by atoms with E-state index in [0.29, 0.717) is 13.0 Å². The third kappa shape index (κ3) is 36.9. The summed E-state index contributed by atoms with van der Waals surface area (Å²) in [5, 5.41) is 17.0. The van der Waals surface area contributed by atoms with E-state index in [9.17, 15) is 4.79 Å². The molecule has 2 N–H and O–H groups in total. The first-order valence-electron chi connectivity index (χ1n) is 13.7. The van der Waals surface area contributed by atoms with E-state index in [0.717, 1.165) is 19.3 Å². The molecular formula is C28H56O3. The van der Waals surface area contributed by atoms with Crippen molar-refractivity contribution in [2.24, 2.45) is 0 Å². The van der Waals surface area contributed by atoms with E-state index in [1.54, 1.807) is 0 Å². The van der Waals surface area contributed by atoms with Crippen LogP contribution in [0.15, 0.2) is 12.2 Å². The Morgan fingerprint density at radius 3 is 1.29 bits per heavy atom. The van der Waals surface area contributed by atoms with Gasteiger partial charge in [-0.2, -0.15) is 0 Å². The topological polar surface area (TPSA) is 57.5 Å². The third-order valence-electron chi connectivity index (χ3n) is 5.66. The molecular weight excluding hydrogens is 384 g/mol. The van der Waals surface area contributed by atoms with Crippen molar-refractivity contribution in [3.05, 3.63) is 12.2 Å². The molecule has 0 saturated carbocycles. The number of carboxylic acids is 1. The minimum atomic E-state index is -0.664. The van der Waals surface area contributed by atoms with Crippen LogP contribution in [0.2, 0.25) is 0 Å². The average molecular weight is 441 g/mol. The van der Waals surface area contributed by atoms with E-state index >= 15 is 0 Å². The van der Waals surface area contributed by atoms with Gasteiger partial charge in [-0.1, -0.05) is 122 Å². The Morgan fingerprint density at radius 2 is 0.903 bits per heavy atom. The molecule has 0 unspecified atom stereocenters. The van der Waals surface area contributed by atoms with Gasteiger partial charge in [0.1, 0.15) is 0 Å². The lowest BCUT2D eigenvalue weighted by molar-refractivity contribution is -0.137. The van der Waals surface area contributed by atoms with Crippen molar-refractivity contribution in [3.8, 4) is 0 Å². The Hall–Kier alpha value is -0.830. The van der Waals surface area contributed by atoms with Gasteiger partial charge in [0.25, 0.3) is 0 Å². The number of unbranched alkanes of at least 4 members (excludes halogenated alkanes) is 18. The quantitative estimate of drug-likeness (QED) is 0.123. The summed E-state index contributed by atoms with van der Waals surface area (Å²) in [7, 11) is 0. The third-order valence-corrected chi connectivity index (χ3v) is 5.66. The molecule has 0 atom stereocenters. The molecule has 3 heteroatoms. The molecule has 0 aromatic heterocycles. The van der Waals surface area contributed by atoms with Crippen LogP contribution in [0.5, 0.6) is 0 Å². The summed E-state index contributed by atoms with van der Waals surface area (Å²) in [5.41, 5.74) is 0. The van der Waals surface area contributed by atoms with Crippen LogP contribution in [-0.4, -0.2) is 22.8 Å². The Morgan fingerprint density at radius 1 is 0.548 bits per heavy atom. The lowest BCUT2D eigenvalue weighted by Crippen LogP contribution is -1.93. The molecule has 0 aliphatic carbocycles. The van der Waals surface area contributed by atoms with Crippen molar-refractivity contribution >= 4 is 5.97 Å². The molecule has 0 bridgehead atoms. The molecule has 0 fully saturated rings. The van der Waals surface area contributed by atoms with E-state index in [2.05, 4.69) is 26.0 Å². The van der Waals surface area contributed by atoms with Gasteiger partial charge in [-0.15, -0.1) is 0 Å². The van der Waals surface area contributed by atoms with E-state index < -0.39 is 5.97 Å². The Labute approximate surface area is 195 Å². The summed E-state index contributed by atoms with van der Waals surface area (Å²) in [6.07, 6.45) is 31.6. The second kappa shape index (κ2) is 31.4. The molecule has 0 amide bonds. The van der Waals surface area contributed by atoms with Crippen molar-refractivity contribution in [1.29, 1.82) is 0 Å². The van der Waals surface area contributed by atoms with E-state index in [4.69, 9.17) is 10.2 Å². The summed E-state index contributed by atoms with van der Waals surface area (Å²) in [4.78, 5) is 10.3. The van der Waals surface area contributed by atoms with E-state index in [1.807, 2.05) is 0 Å². The fourth-order valence-electron chi connectivity index (χ4n) is 3.59. The maximum Gasteiger partial charge on any atom is 0.303 e. The van der Waals surface area contributed by atoms with Gasteiger partial charge in [0.05, 0.1) is 0 Å². The van der Waals surface area contributed by atoms with Crippen LogP contribution in [0.25, 0.3) is 0 Å². The van der Waals surface area contributed by atoms with Crippen molar-refractivity contribution in [2.75, 3.05) is 6.61 Å². The highest BCUT2D eigenvalue weighted by molar-refractivity contribution is 5.66. The summed E-state index contributed by atoms with van der Waals surface area (Å²) < 4.78 is 0. The van der Waals surface area contributed by atoms with Gasteiger partial charge in [-0.25, -0.2) is 0 Å². The lowest BCUT2D eigenvalue weighted by atomic mass is 10.1. The molecule has 0 radical (unpaired) electrons. The fourth-order valence-corrected chi connectivity index (χ4v) is 3.59. The lowest BCUT2D eigenvalue weighted by Gasteiger charge is -1.99. The highest BCUT2D eigenvalue weighted by Gasteiger charge is 1.96. The summed E-state index contributed by atoms with van der Waals surface area (Å²) in [5.74, 6) is -0.664. The van der Waals surface area contributed by atoms with Gasteiger partial charge >= 0.3 is 5.97 Å². The standard InChI is InChI=1S/C18H34O2.C10H22O/c1-2-3-4-5-6-7-8-9-10-11-12-13-14-15-16-17-18(19)20;1-2-3-4-5-6-7-8-9-10-11/h9-10H,2-8,11-17H2,1H3,(H,19,20);11H,2-10H2,1H3/b10-9-;. The number of hydrogen-bond donors (Lipinski definition) is 2. The monoisotopic (exact) mass is 440 g/mol. The van der Waals surface area contributed by atoms with Crippen LogP contribution >= 0.6 is 0 Å². The summed E-state index contributed by atoms with van der Waals surface area (Å²) >= 11 is 0. The number of aliphatic hydroxyl groups is 1. The van der Waals surface area contributed by atoms with Crippen molar-refractivity contribution in [1.82, 2.24) is 0 Å². The van der Waals surface area contributed by atoms with E-state index in [-0.39, 0.29) is 0 Å². The summed E-state index contributed by atoms with van der Waals surface area (Å²) in [6, 6.07) is 0. The van der Waals surface area contributed by atoms with Gasteiger partial charge in [0.2, 0.25) is 0 Å². The molecule has 0 rings (SSSR count). The zero-order valence-electron chi connectivity index (χ0n) is 21.2. The van der Waals surface area contributed by atoms with Crippen molar-refractivity contribution in [2.45, 2.75) is 155 Å². The van der Waals surface area contributed by atoms with Gasteiger partial charge in [0, 0.05) is 13.0 Å². The molecule has 0 aliphatic rings. The van der Waals surface area contributed by atoms with Gasteiger partial charge in [0.15, 0.2) is 0 Å². The average Bonchev–Trinajstić information content (AvgIpc) is 2.76. The minimum absolute atomic E-state index is 0.332. The second-order valence-electron chi connectivity index (χ2n) is 8.93. The van der Waals surface area contributed by atoms with E-state index in [1.165, 1.54) is 116 Å². The smallest absolute Gasteiger partial charge is 0.303 e. The Kier molecular flexibility index (Phi) is 32.7. The first kappa shape index (κ1) is 32.4. The number of aliphatic carboxylic acids is 1. The van der Waals surface area contributed by atoms with Crippen LogP contribution in [0.1, 0.15) is 155 Å². The predicted octanol–water partition coefficient (Wildman–Crippen LogP) is 9.23. The van der Waals surface area contributed by atoms with Crippen LogP contribution in [0.3, 0.4) is 0 Å². The molecule has 0 aromatic carbocycles. The van der Waals surface area contributed by atoms with Crippen LogP contribution in [0, 0.1) is 0 Å². The number of rotatable bonds is 23. The predicted molar refractivity (Wildman–Crippen MR) is 137 cm³/mol. The normalized spacial score (nSPS) is 10.9. The Bertz CT molecular complexity index is 344. The van der Waals surface area contributed by atoms with Gasteiger partial charge in [-0.3, -0.25) is 4.79 Å². The number of carboxylic acid groups (broad SMARTS) is 1. The summed E-state index contributed by atoms with van der Waals surface area (Å²) in [6.45, 7) is 4.87. The zero-order chi connectivity index (χ0) is 23.3. The molecule has 0 aliphatic heterocycles. The molecule has 0 aromatic rings. The number of carbonyl (C=O) groups is 1.